The number of benzene rings is 1. The Morgan fingerprint density at radius 3 is 2.65 bits per heavy atom. The van der Waals surface area contributed by atoms with Gasteiger partial charge in [-0.15, -0.1) is 0 Å². The Balaban J connectivity index is 1.50. The van der Waals surface area contributed by atoms with Gasteiger partial charge in [0.1, 0.15) is 17.2 Å². The summed E-state index contributed by atoms with van der Waals surface area (Å²) in [6, 6.07) is 7.48. The van der Waals surface area contributed by atoms with Crippen molar-refractivity contribution < 1.29 is 28.3 Å². The summed E-state index contributed by atoms with van der Waals surface area (Å²) in [5.41, 5.74) is 0.816. The Kier molecular flexibility index (Phi) is 7.39. The lowest BCUT2D eigenvalue weighted by Gasteiger charge is -2.19. The molecule has 0 saturated heterocycles. The van der Waals surface area contributed by atoms with Gasteiger partial charge in [0.05, 0.1) is 48.2 Å². The molecule has 0 spiro atoms. The Hall–Kier alpha value is -4.06. The van der Waals surface area contributed by atoms with Crippen LogP contribution in [0, 0.1) is 15.9 Å². The number of pyridine rings is 1. The van der Waals surface area contributed by atoms with Crippen molar-refractivity contribution in [1.29, 1.82) is 0 Å². The zero-order valence-electron chi connectivity index (χ0n) is 21.0. The predicted molar refractivity (Wildman–Crippen MR) is 132 cm³/mol. The summed E-state index contributed by atoms with van der Waals surface area (Å²) in [6.45, 7) is 5.00. The number of rotatable bonds is 9. The number of nitro groups is 1. The molecule has 1 N–H and O–H groups in total. The number of ether oxygens (including phenoxy) is 3. The highest BCUT2D eigenvalue weighted by Gasteiger charge is 2.27. The summed E-state index contributed by atoms with van der Waals surface area (Å²) in [7, 11) is 1.37. The molecule has 0 aliphatic heterocycles. The lowest BCUT2D eigenvalue weighted by Crippen LogP contribution is -2.27. The van der Waals surface area contributed by atoms with E-state index in [1.54, 1.807) is 32.9 Å². The Labute approximate surface area is 212 Å². The molecule has 0 unspecified atom stereocenters. The maximum absolute atomic E-state index is 14.1. The lowest BCUT2D eigenvalue weighted by molar-refractivity contribution is -0.385. The normalized spacial score (nSPS) is 13.3. The molecule has 12 heteroatoms. The van der Waals surface area contributed by atoms with Gasteiger partial charge < -0.3 is 14.2 Å². The fourth-order valence-corrected chi connectivity index (χ4v) is 3.69. The minimum absolute atomic E-state index is 0.0197. The van der Waals surface area contributed by atoms with Gasteiger partial charge in [-0.3, -0.25) is 20.1 Å². The molecule has 2 aromatic heterocycles. The quantitative estimate of drug-likeness (QED) is 0.297. The molecular formula is C25H28FN5O6. The molecule has 4 rings (SSSR count). The summed E-state index contributed by atoms with van der Waals surface area (Å²) < 4.78 is 32.2. The molecule has 1 amide bonds. The minimum atomic E-state index is -0.764. The van der Waals surface area contributed by atoms with E-state index in [1.807, 2.05) is 10.9 Å². The average molecular weight is 514 g/mol. The number of nitrogens with zero attached hydrogens (tertiary/aromatic N) is 4. The van der Waals surface area contributed by atoms with Crippen LogP contribution in [0.1, 0.15) is 50.9 Å². The van der Waals surface area contributed by atoms with E-state index in [0.29, 0.717) is 22.9 Å². The third-order valence-corrected chi connectivity index (χ3v) is 5.33. The number of anilines is 1. The Morgan fingerprint density at radius 2 is 2.00 bits per heavy atom. The molecular weight excluding hydrogens is 485 g/mol. The minimum Gasteiger partial charge on any atom is -0.490 e. The van der Waals surface area contributed by atoms with Gasteiger partial charge in [0.25, 0.3) is 0 Å². The number of hydrogen-bond donors (Lipinski definition) is 1. The molecule has 196 valence electrons. The third-order valence-electron chi connectivity index (χ3n) is 5.33. The third kappa shape index (κ3) is 6.79. The molecule has 1 aliphatic carbocycles. The molecule has 0 atom stereocenters. The number of aromatic nitrogens is 3. The van der Waals surface area contributed by atoms with E-state index in [4.69, 9.17) is 14.2 Å². The molecule has 1 aliphatic rings. The fourth-order valence-electron chi connectivity index (χ4n) is 3.69. The monoisotopic (exact) mass is 513 g/mol. The van der Waals surface area contributed by atoms with Gasteiger partial charge in [-0.1, -0.05) is 0 Å². The van der Waals surface area contributed by atoms with E-state index in [9.17, 15) is 19.3 Å². The van der Waals surface area contributed by atoms with Crippen molar-refractivity contribution >= 4 is 17.6 Å². The lowest BCUT2D eigenvalue weighted by atomic mass is 10.1. The maximum atomic E-state index is 14.1. The average Bonchev–Trinajstić information content (AvgIpc) is 3.53. The van der Waals surface area contributed by atoms with E-state index in [2.05, 4.69) is 15.4 Å². The first kappa shape index (κ1) is 26.0. The smallest absolute Gasteiger partial charge is 0.413 e. The summed E-state index contributed by atoms with van der Waals surface area (Å²) in [5, 5.41) is 18.7. The number of methoxy groups -OCH3 is 1. The second kappa shape index (κ2) is 10.5. The standard InChI is InChI=1S/C25H28FN5O6/c1-25(2,3)37-24(32)28-22-12-16(26)11-17(27-22)14-36-13-15-9-19(23(35-4)21(10-15)31(33)34)20-7-8-30(29-20)18-5-6-18/h7-12,18H,5-6,13-14H2,1-4H3,(H,27,28,32). The van der Waals surface area contributed by atoms with Crippen LogP contribution in [-0.4, -0.2) is 38.5 Å². The van der Waals surface area contributed by atoms with Crippen molar-refractivity contribution in [2.45, 2.75) is 58.5 Å². The first-order chi connectivity index (χ1) is 17.5. The molecule has 37 heavy (non-hydrogen) atoms. The van der Waals surface area contributed by atoms with Crippen molar-refractivity contribution in [2.75, 3.05) is 12.4 Å². The van der Waals surface area contributed by atoms with E-state index >= 15 is 0 Å². The summed E-state index contributed by atoms with van der Waals surface area (Å²) in [6.07, 6.45) is 3.18. The first-order valence-electron chi connectivity index (χ1n) is 11.7. The van der Waals surface area contributed by atoms with Crippen LogP contribution < -0.4 is 10.1 Å². The van der Waals surface area contributed by atoms with Crippen molar-refractivity contribution in [3.63, 3.8) is 0 Å². The zero-order valence-corrected chi connectivity index (χ0v) is 21.0. The number of nitro benzene ring substituents is 1. The van der Waals surface area contributed by atoms with Crippen LogP contribution in [0.5, 0.6) is 5.75 Å². The Morgan fingerprint density at radius 1 is 1.24 bits per heavy atom. The molecule has 3 aromatic rings. The van der Waals surface area contributed by atoms with Crippen molar-refractivity contribution in [2.24, 2.45) is 0 Å². The van der Waals surface area contributed by atoms with Crippen molar-refractivity contribution in [3.05, 3.63) is 63.7 Å². The van der Waals surface area contributed by atoms with E-state index in [1.165, 1.54) is 19.2 Å². The van der Waals surface area contributed by atoms with Crippen LogP contribution in [0.15, 0.2) is 36.5 Å². The molecule has 0 bridgehead atoms. The number of amides is 1. The Bertz CT molecular complexity index is 1320. The summed E-state index contributed by atoms with van der Waals surface area (Å²) in [4.78, 5) is 27.4. The second-order valence-electron chi connectivity index (χ2n) is 9.65. The topological polar surface area (TPSA) is 131 Å². The largest absolute Gasteiger partial charge is 0.490 e. The molecule has 1 fully saturated rings. The summed E-state index contributed by atoms with van der Waals surface area (Å²) >= 11 is 0. The highest BCUT2D eigenvalue weighted by Crippen LogP contribution is 2.40. The second-order valence-corrected chi connectivity index (χ2v) is 9.65. The molecule has 0 radical (unpaired) electrons. The SMILES string of the molecule is COc1c(-c2ccn(C3CC3)n2)cc(COCc2cc(F)cc(NC(=O)OC(C)(C)C)n2)cc1[N+](=O)[O-]. The molecule has 1 saturated carbocycles. The number of halogens is 1. The highest BCUT2D eigenvalue weighted by molar-refractivity contribution is 5.83. The van der Waals surface area contributed by atoms with Gasteiger partial charge in [-0.05, 0) is 57.4 Å². The molecule has 1 aromatic carbocycles. The van der Waals surface area contributed by atoms with E-state index in [0.717, 1.165) is 18.9 Å². The molecule has 11 nitrogen and oxygen atoms in total. The number of hydrogen-bond acceptors (Lipinski definition) is 8. The zero-order chi connectivity index (χ0) is 26.7. The van der Waals surface area contributed by atoms with Crippen LogP contribution in [0.2, 0.25) is 0 Å². The van der Waals surface area contributed by atoms with Crippen LogP contribution in [-0.2, 0) is 22.7 Å². The summed E-state index contributed by atoms with van der Waals surface area (Å²) in [5.74, 6) is -0.533. The van der Waals surface area contributed by atoms with Crippen molar-refractivity contribution in [3.8, 4) is 17.0 Å². The van der Waals surface area contributed by atoms with Crippen LogP contribution in [0.4, 0.5) is 20.7 Å². The first-order valence-corrected chi connectivity index (χ1v) is 11.7. The van der Waals surface area contributed by atoms with Crippen LogP contribution in [0.3, 0.4) is 0 Å². The predicted octanol–water partition coefficient (Wildman–Crippen LogP) is 5.40. The maximum Gasteiger partial charge on any atom is 0.413 e. The van der Waals surface area contributed by atoms with Crippen molar-refractivity contribution in [1.82, 2.24) is 14.8 Å². The van der Waals surface area contributed by atoms with E-state index < -0.39 is 22.4 Å². The number of carbonyl (C=O) groups excluding carboxylic acids is 1. The van der Waals surface area contributed by atoms with Crippen LogP contribution >= 0.6 is 0 Å². The number of carbonyl (C=O) groups is 1. The van der Waals surface area contributed by atoms with Gasteiger partial charge in [-0.2, -0.15) is 5.10 Å². The van der Waals surface area contributed by atoms with Gasteiger partial charge in [0.2, 0.25) is 5.75 Å². The van der Waals surface area contributed by atoms with Gasteiger partial charge in [0, 0.05) is 18.3 Å². The van der Waals surface area contributed by atoms with Gasteiger partial charge in [-0.25, -0.2) is 14.2 Å². The fraction of sp³-hybridized carbons (Fsp3) is 0.400. The van der Waals surface area contributed by atoms with Gasteiger partial charge >= 0.3 is 11.8 Å². The highest BCUT2D eigenvalue weighted by atomic mass is 19.1. The van der Waals surface area contributed by atoms with E-state index in [-0.39, 0.29) is 36.2 Å². The van der Waals surface area contributed by atoms with Crippen LogP contribution in [0.25, 0.3) is 11.3 Å². The molecule has 2 heterocycles. The van der Waals surface area contributed by atoms with Gasteiger partial charge in [0.15, 0.2) is 0 Å². The number of nitrogens with one attached hydrogen (secondary N) is 1.